The van der Waals surface area contributed by atoms with Crippen LogP contribution in [0.25, 0.3) is 0 Å². The Bertz CT molecular complexity index is 387. The molecule has 16 heavy (non-hydrogen) atoms. The van der Waals surface area contributed by atoms with Crippen LogP contribution >= 0.6 is 27.5 Å². The Hall–Kier alpha value is -0.530. The molecule has 0 spiro atoms. The highest BCUT2D eigenvalue weighted by Gasteiger charge is 2.09. The first-order valence-corrected chi connectivity index (χ1v) is 6.18. The lowest BCUT2D eigenvalue weighted by atomic mass is 10.1. The van der Waals surface area contributed by atoms with Gasteiger partial charge in [0.2, 0.25) is 0 Å². The average molecular weight is 302 g/mol. The molecule has 0 bridgehead atoms. The molecule has 3 N–H and O–H groups in total. The van der Waals surface area contributed by atoms with E-state index in [1.54, 1.807) is 0 Å². The zero-order valence-corrected chi connectivity index (χ0v) is 11.2. The van der Waals surface area contributed by atoms with Crippen molar-refractivity contribution in [1.29, 1.82) is 0 Å². The number of benzene rings is 1. The van der Waals surface area contributed by atoms with Crippen molar-refractivity contribution in [3.05, 3.63) is 33.3 Å². The van der Waals surface area contributed by atoms with Crippen molar-refractivity contribution in [2.75, 3.05) is 13.1 Å². The summed E-state index contributed by atoms with van der Waals surface area (Å²) in [4.78, 5) is 0. The average Bonchev–Trinajstić information content (AvgIpc) is 2.29. The first-order valence-electron chi connectivity index (χ1n) is 5.01. The molecule has 0 aromatic heterocycles. The smallest absolute Gasteiger partial charge is 0.0548 e. The van der Waals surface area contributed by atoms with Crippen molar-refractivity contribution in [1.82, 2.24) is 5.32 Å². The van der Waals surface area contributed by atoms with Crippen LogP contribution in [0.4, 0.5) is 0 Å². The van der Waals surface area contributed by atoms with Gasteiger partial charge >= 0.3 is 0 Å². The lowest BCUT2D eigenvalue weighted by Crippen LogP contribution is -2.28. The molecule has 0 aliphatic heterocycles. The summed E-state index contributed by atoms with van der Waals surface area (Å²) in [5, 5.41) is 4.00. The summed E-state index contributed by atoms with van der Waals surface area (Å²) in [6.07, 6.45) is 5.89. The summed E-state index contributed by atoms with van der Waals surface area (Å²) >= 11 is 9.32. The van der Waals surface area contributed by atoms with E-state index in [2.05, 4.69) is 27.2 Å². The Kier molecular flexibility index (Phi) is 5.86. The molecule has 1 unspecified atom stereocenters. The minimum absolute atomic E-state index is 0.113. The summed E-state index contributed by atoms with van der Waals surface area (Å²) in [5.74, 6) is 2.59. The second kappa shape index (κ2) is 6.93. The molecule has 0 radical (unpaired) electrons. The van der Waals surface area contributed by atoms with Gasteiger partial charge < -0.3 is 11.1 Å². The van der Waals surface area contributed by atoms with E-state index < -0.39 is 0 Å². The highest BCUT2D eigenvalue weighted by molar-refractivity contribution is 9.10. The zero-order valence-electron chi connectivity index (χ0n) is 8.84. The molecule has 1 atom stereocenters. The Labute approximate surface area is 110 Å². The highest BCUT2D eigenvalue weighted by Crippen LogP contribution is 2.25. The van der Waals surface area contributed by atoms with Crippen molar-refractivity contribution in [3.63, 3.8) is 0 Å². The van der Waals surface area contributed by atoms with Crippen LogP contribution in [0.1, 0.15) is 18.0 Å². The third-order valence-corrected chi connectivity index (χ3v) is 3.46. The number of halogens is 2. The standard InChI is InChI=1S/C12H14BrClN2/c1-2-3-6-16-12(8-15)9-4-5-11(14)10(13)7-9/h1,4-5,7,12,16H,3,6,8,15H2. The first-order chi connectivity index (χ1) is 7.69. The number of hydrogen-bond acceptors (Lipinski definition) is 2. The molecule has 4 heteroatoms. The molecular formula is C12H14BrClN2. The van der Waals surface area contributed by atoms with E-state index in [1.165, 1.54) is 0 Å². The van der Waals surface area contributed by atoms with E-state index >= 15 is 0 Å². The third kappa shape index (κ3) is 3.80. The molecule has 0 saturated carbocycles. The second-order valence-corrected chi connectivity index (χ2v) is 4.63. The fourth-order valence-corrected chi connectivity index (χ4v) is 1.90. The first kappa shape index (κ1) is 13.5. The Morgan fingerprint density at radius 1 is 1.56 bits per heavy atom. The Morgan fingerprint density at radius 2 is 2.31 bits per heavy atom. The van der Waals surface area contributed by atoms with Gasteiger partial charge in [0.25, 0.3) is 0 Å². The Morgan fingerprint density at radius 3 is 2.88 bits per heavy atom. The molecule has 2 nitrogen and oxygen atoms in total. The van der Waals surface area contributed by atoms with E-state index in [9.17, 15) is 0 Å². The van der Waals surface area contributed by atoms with Gasteiger partial charge in [0, 0.05) is 30.0 Å². The quantitative estimate of drug-likeness (QED) is 0.648. The zero-order chi connectivity index (χ0) is 12.0. The maximum Gasteiger partial charge on any atom is 0.0548 e. The van der Waals surface area contributed by atoms with Gasteiger partial charge in [-0.25, -0.2) is 0 Å². The monoisotopic (exact) mass is 300 g/mol. The molecule has 0 amide bonds. The fraction of sp³-hybridized carbons (Fsp3) is 0.333. The van der Waals surface area contributed by atoms with Gasteiger partial charge in [-0.3, -0.25) is 0 Å². The molecular weight excluding hydrogens is 288 g/mol. The SMILES string of the molecule is C#CCCNC(CN)c1ccc(Cl)c(Br)c1. The molecule has 1 rings (SSSR count). The molecule has 0 aliphatic carbocycles. The van der Waals surface area contributed by atoms with Gasteiger partial charge in [-0.05, 0) is 33.6 Å². The fourth-order valence-electron chi connectivity index (χ4n) is 1.38. The van der Waals surface area contributed by atoms with Crippen molar-refractivity contribution >= 4 is 27.5 Å². The number of hydrogen-bond donors (Lipinski definition) is 2. The molecule has 0 aliphatic rings. The largest absolute Gasteiger partial charge is 0.329 e. The molecule has 0 fully saturated rings. The number of nitrogens with two attached hydrogens (primary N) is 1. The van der Waals surface area contributed by atoms with Crippen molar-refractivity contribution < 1.29 is 0 Å². The summed E-state index contributed by atoms with van der Waals surface area (Å²) in [6, 6.07) is 5.91. The normalized spacial score (nSPS) is 12.1. The lowest BCUT2D eigenvalue weighted by Gasteiger charge is -2.17. The van der Waals surface area contributed by atoms with E-state index in [0.29, 0.717) is 18.0 Å². The van der Waals surface area contributed by atoms with E-state index in [-0.39, 0.29) is 6.04 Å². The van der Waals surface area contributed by atoms with Crippen LogP contribution in [0.5, 0.6) is 0 Å². The number of terminal acetylenes is 1. The summed E-state index contributed by atoms with van der Waals surface area (Å²) < 4.78 is 0.879. The van der Waals surface area contributed by atoms with Crippen LogP contribution in [0.2, 0.25) is 5.02 Å². The number of nitrogens with one attached hydrogen (secondary N) is 1. The van der Waals surface area contributed by atoms with Gasteiger partial charge in [-0.1, -0.05) is 17.7 Å². The topological polar surface area (TPSA) is 38.0 Å². The minimum atomic E-state index is 0.113. The van der Waals surface area contributed by atoms with Crippen LogP contribution in [-0.4, -0.2) is 13.1 Å². The van der Waals surface area contributed by atoms with E-state index in [0.717, 1.165) is 16.6 Å². The van der Waals surface area contributed by atoms with E-state index in [1.807, 2.05) is 18.2 Å². The predicted molar refractivity (Wildman–Crippen MR) is 72.4 cm³/mol. The molecule has 0 heterocycles. The van der Waals surface area contributed by atoms with Gasteiger partial charge in [-0.15, -0.1) is 12.3 Å². The van der Waals surface area contributed by atoms with Gasteiger partial charge in [-0.2, -0.15) is 0 Å². The summed E-state index contributed by atoms with van der Waals surface area (Å²) in [5.41, 5.74) is 6.82. The highest BCUT2D eigenvalue weighted by atomic mass is 79.9. The van der Waals surface area contributed by atoms with Crippen LogP contribution in [0.15, 0.2) is 22.7 Å². The van der Waals surface area contributed by atoms with Crippen LogP contribution < -0.4 is 11.1 Å². The molecule has 1 aromatic rings. The van der Waals surface area contributed by atoms with E-state index in [4.69, 9.17) is 23.8 Å². The predicted octanol–water partition coefficient (Wildman–Crippen LogP) is 2.72. The molecule has 1 aromatic carbocycles. The van der Waals surface area contributed by atoms with Crippen LogP contribution in [0.3, 0.4) is 0 Å². The third-order valence-electron chi connectivity index (χ3n) is 2.24. The van der Waals surface area contributed by atoms with Crippen LogP contribution in [-0.2, 0) is 0 Å². The second-order valence-electron chi connectivity index (χ2n) is 3.37. The maximum atomic E-state index is 5.93. The van der Waals surface area contributed by atoms with Gasteiger partial charge in [0.15, 0.2) is 0 Å². The molecule has 86 valence electrons. The minimum Gasteiger partial charge on any atom is -0.329 e. The summed E-state index contributed by atoms with van der Waals surface area (Å²) in [6.45, 7) is 1.29. The van der Waals surface area contributed by atoms with Crippen molar-refractivity contribution in [2.24, 2.45) is 5.73 Å². The lowest BCUT2D eigenvalue weighted by molar-refractivity contribution is 0.550. The van der Waals surface area contributed by atoms with Crippen molar-refractivity contribution in [3.8, 4) is 12.3 Å². The summed E-state index contributed by atoms with van der Waals surface area (Å²) in [7, 11) is 0. The Balaban J connectivity index is 2.71. The van der Waals surface area contributed by atoms with Crippen molar-refractivity contribution in [2.45, 2.75) is 12.5 Å². The molecule has 0 saturated heterocycles. The number of rotatable bonds is 5. The van der Waals surface area contributed by atoms with Crippen LogP contribution in [0, 0.1) is 12.3 Å². The maximum absolute atomic E-state index is 5.93. The van der Waals surface area contributed by atoms with Gasteiger partial charge in [0.1, 0.15) is 0 Å². The van der Waals surface area contributed by atoms with Gasteiger partial charge in [0.05, 0.1) is 5.02 Å².